The van der Waals surface area contributed by atoms with Crippen LogP contribution in [0, 0.1) is 5.92 Å². The van der Waals surface area contributed by atoms with E-state index in [4.69, 9.17) is 9.84 Å². The van der Waals surface area contributed by atoms with Gasteiger partial charge in [0.2, 0.25) is 5.91 Å². The second-order valence-corrected chi connectivity index (χ2v) is 4.51. The van der Waals surface area contributed by atoms with Crippen molar-refractivity contribution in [1.29, 1.82) is 0 Å². The van der Waals surface area contributed by atoms with Crippen molar-refractivity contribution in [3.63, 3.8) is 0 Å². The van der Waals surface area contributed by atoms with E-state index in [-0.39, 0.29) is 12.0 Å². The van der Waals surface area contributed by atoms with Crippen molar-refractivity contribution in [3.8, 4) is 0 Å². The van der Waals surface area contributed by atoms with Gasteiger partial charge >= 0.3 is 12.1 Å². The number of carbonyl (C=O) groups is 2. The molecule has 0 saturated heterocycles. The van der Waals surface area contributed by atoms with Gasteiger partial charge in [0.05, 0.1) is 12.0 Å². The summed E-state index contributed by atoms with van der Waals surface area (Å²) in [4.78, 5) is 21.8. The number of amides is 1. The summed E-state index contributed by atoms with van der Waals surface area (Å²) in [5.41, 5.74) is 0. The lowest BCUT2D eigenvalue weighted by atomic mass is 9.87. The molecular weight excluding hydrogens is 267 g/mol. The molecule has 1 saturated carbocycles. The van der Waals surface area contributed by atoms with Crippen molar-refractivity contribution in [2.75, 3.05) is 13.2 Å². The van der Waals surface area contributed by atoms with E-state index >= 15 is 0 Å². The van der Waals surface area contributed by atoms with Crippen LogP contribution >= 0.6 is 0 Å². The summed E-state index contributed by atoms with van der Waals surface area (Å²) in [6.45, 7) is -1.81. The number of hydrogen-bond donors (Lipinski definition) is 2. The summed E-state index contributed by atoms with van der Waals surface area (Å²) in [5.74, 6) is -2.06. The van der Waals surface area contributed by atoms with Crippen molar-refractivity contribution in [3.05, 3.63) is 0 Å². The molecule has 0 unspecified atom stereocenters. The minimum absolute atomic E-state index is 0.257. The first-order chi connectivity index (χ1) is 8.78. The molecule has 1 rings (SSSR count). The fourth-order valence-electron chi connectivity index (χ4n) is 1.92. The van der Waals surface area contributed by atoms with Crippen LogP contribution in [0.3, 0.4) is 0 Å². The Bertz CT molecular complexity index is 324. The van der Waals surface area contributed by atoms with Crippen LogP contribution in [0.4, 0.5) is 13.2 Å². The first kappa shape index (κ1) is 15.7. The van der Waals surface area contributed by atoms with Crippen LogP contribution in [0.25, 0.3) is 0 Å². The summed E-state index contributed by atoms with van der Waals surface area (Å²) in [7, 11) is 0. The number of carboxylic acids is 1. The van der Waals surface area contributed by atoms with E-state index in [0.29, 0.717) is 25.7 Å². The Morgan fingerprint density at radius 2 is 1.79 bits per heavy atom. The normalized spacial score (nSPS) is 23.9. The SMILES string of the molecule is O=C(COC1CCC(C(=O)O)CC1)NCC(F)(F)F. The van der Waals surface area contributed by atoms with Crippen LogP contribution in [-0.4, -0.2) is 42.4 Å². The van der Waals surface area contributed by atoms with Crippen LogP contribution in [0.2, 0.25) is 0 Å². The van der Waals surface area contributed by atoms with Gasteiger partial charge in [0, 0.05) is 0 Å². The highest BCUT2D eigenvalue weighted by Gasteiger charge is 2.29. The maximum Gasteiger partial charge on any atom is 0.405 e. The predicted molar refractivity (Wildman–Crippen MR) is 58.4 cm³/mol. The first-order valence-electron chi connectivity index (χ1n) is 5.96. The topological polar surface area (TPSA) is 75.6 Å². The fourth-order valence-corrected chi connectivity index (χ4v) is 1.92. The van der Waals surface area contributed by atoms with E-state index < -0.39 is 31.2 Å². The van der Waals surface area contributed by atoms with Gasteiger partial charge in [-0.05, 0) is 25.7 Å². The molecule has 0 bridgehead atoms. The Labute approximate surface area is 108 Å². The molecule has 0 aromatic rings. The Morgan fingerprint density at radius 3 is 2.26 bits per heavy atom. The second-order valence-electron chi connectivity index (χ2n) is 4.51. The van der Waals surface area contributed by atoms with Gasteiger partial charge in [0.1, 0.15) is 13.2 Å². The van der Waals surface area contributed by atoms with Crippen molar-refractivity contribution in [1.82, 2.24) is 5.32 Å². The lowest BCUT2D eigenvalue weighted by Gasteiger charge is -2.25. The van der Waals surface area contributed by atoms with Gasteiger partial charge < -0.3 is 15.2 Å². The number of hydrogen-bond acceptors (Lipinski definition) is 3. The Morgan fingerprint density at radius 1 is 1.21 bits per heavy atom. The predicted octanol–water partition coefficient (Wildman–Crippen LogP) is 1.32. The number of halogens is 3. The minimum Gasteiger partial charge on any atom is -0.481 e. The number of nitrogens with one attached hydrogen (secondary N) is 1. The molecule has 19 heavy (non-hydrogen) atoms. The molecule has 0 radical (unpaired) electrons. The zero-order valence-corrected chi connectivity index (χ0v) is 10.2. The van der Waals surface area contributed by atoms with Crippen molar-refractivity contribution < 1.29 is 32.6 Å². The van der Waals surface area contributed by atoms with E-state index in [9.17, 15) is 22.8 Å². The molecule has 110 valence electrons. The summed E-state index contributed by atoms with van der Waals surface area (Å²) in [5, 5.41) is 10.5. The maximum absolute atomic E-state index is 11.8. The van der Waals surface area contributed by atoms with E-state index in [1.807, 2.05) is 0 Å². The standard InChI is InChI=1S/C11H16F3NO4/c12-11(13,14)6-15-9(16)5-19-8-3-1-7(2-4-8)10(17)18/h7-8H,1-6H2,(H,15,16)(H,17,18). The van der Waals surface area contributed by atoms with Gasteiger partial charge in [-0.15, -0.1) is 0 Å². The highest BCUT2D eigenvalue weighted by molar-refractivity contribution is 5.77. The van der Waals surface area contributed by atoms with Crippen LogP contribution in [-0.2, 0) is 14.3 Å². The summed E-state index contributed by atoms with van der Waals surface area (Å²) < 4.78 is 40.6. The van der Waals surface area contributed by atoms with E-state index in [2.05, 4.69) is 0 Å². The maximum atomic E-state index is 11.8. The Kier molecular flexibility index (Phi) is 5.59. The second kappa shape index (κ2) is 6.74. The molecule has 0 atom stereocenters. The van der Waals surface area contributed by atoms with Crippen LogP contribution in [0.1, 0.15) is 25.7 Å². The van der Waals surface area contributed by atoms with E-state index in [1.165, 1.54) is 0 Å². The number of aliphatic carboxylic acids is 1. The Balaban J connectivity index is 2.17. The highest BCUT2D eigenvalue weighted by atomic mass is 19.4. The summed E-state index contributed by atoms with van der Waals surface area (Å²) in [6, 6.07) is 0. The van der Waals surface area contributed by atoms with Crippen molar-refractivity contribution in [2.24, 2.45) is 5.92 Å². The number of ether oxygens (including phenoxy) is 1. The summed E-state index contributed by atoms with van der Waals surface area (Å²) >= 11 is 0. The monoisotopic (exact) mass is 283 g/mol. The number of rotatable bonds is 5. The molecule has 1 fully saturated rings. The minimum atomic E-state index is -4.44. The number of carboxylic acid groups (broad SMARTS) is 1. The van der Waals surface area contributed by atoms with E-state index in [1.54, 1.807) is 5.32 Å². The van der Waals surface area contributed by atoms with E-state index in [0.717, 1.165) is 0 Å². The van der Waals surface area contributed by atoms with Gasteiger partial charge in [0.15, 0.2) is 0 Å². The zero-order valence-electron chi connectivity index (χ0n) is 10.2. The number of carbonyl (C=O) groups excluding carboxylic acids is 1. The van der Waals surface area contributed by atoms with Crippen molar-refractivity contribution >= 4 is 11.9 Å². The lowest BCUT2D eigenvalue weighted by Crippen LogP contribution is -2.37. The molecule has 0 spiro atoms. The first-order valence-corrected chi connectivity index (χ1v) is 5.96. The third kappa shape index (κ3) is 6.42. The average Bonchev–Trinajstić information content (AvgIpc) is 2.33. The number of alkyl halides is 3. The quantitative estimate of drug-likeness (QED) is 0.798. The van der Waals surface area contributed by atoms with Crippen LogP contribution < -0.4 is 5.32 Å². The highest BCUT2D eigenvalue weighted by Crippen LogP contribution is 2.26. The molecule has 0 aliphatic heterocycles. The molecule has 5 nitrogen and oxygen atoms in total. The Hall–Kier alpha value is -1.31. The molecule has 0 heterocycles. The third-order valence-electron chi connectivity index (χ3n) is 2.96. The van der Waals surface area contributed by atoms with Gasteiger partial charge in [-0.1, -0.05) is 0 Å². The lowest BCUT2D eigenvalue weighted by molar-refractivity contribution is -0.146. The van der Waals surface area contributed by atoms with Gasteiger partial charge in [-0.3, -0.25) is 9.59 Å². The molecule has 2 N–H and O–H groups in total. The average molecular weight is 283 g/mol. The molecule has 1 aliphatic rings. The smallest absolute Gasteiger partial charge is 0.405 e. The molecule has 1 amide bonds. The molecule has 0 aromatic heterocycles. The molecule has 8 heteroatoms. The van der Waals surface area contributed by atoms with Gasteiger partial charge in [-0.25, -0.2) is 0 Å². The van der Waals surface area contributed by atoms with Crippen molar-refractivity contribution in [2.45, 2.75) is 38.0 Å². The molecule has 0 aromatic carbocycles. The van der Waals surface area contributed by atoms with Gasteiger partial charge in [0.25, 0.3) is 0 Å². The molecular formula is C11H16F3NO4. The molecule has 1 aliphatic carbocycles. The zero-order chi connectivity index (χ0) is 14.5. The van der Waals surface area contributed by atoms with Crippen LogP contribution in [0.15, 0.2) is 0 Å². The largest absolute Gasteiger partial charge is 0.481 e. The van der Waals surface area contributed by atoms with Gasteiger partial charge in [-0.2, -0.15) is 13.2 Å². The van der Waals surface area contributed by atoms with Crippen LogP contribution in [0.5, 0.6) is 0 Å². The fraction of sp³-hybridized carbons (Fsp3) is 0.818. The third-order valence-corrected chi connectivity index (χ3v) is 2.96. The summed E-state index contributed by atoms with van der Waals surface area (Å²) in [6.07, 6.45) is -2.76.